The molecule has 4 aromatic rings. The molecule has 3 N–H and O–H groups in total. The van der Waals surface area contributed by atoms with Crippen molar-refractivity contribution in [2.24, 2.45) is 0 Å². The highest BCUT2D eigenvalue weighted by molar-refractivity contribution is 5.71. The maximum atomic E-state index is 12.2. The van der Waals surface area contributed by atoms with Gasteiger partial charge in [0.1, 0.15) is 12.4 Å². The Hall–Kier alpha value is -4.79. The lowest BCUT2D eigenvalue weighted by molar-refractivity contribution is -0.137. The number of hydrogen-bond donors (Lipinski definition) is 3. The highest BCUT2D eigenvalue weighted by atomic mass is 16.5. The fourth-order valence-electron chi connectivity index (χ4n) is 4.71. The molecule has 0 aliphatic carbocycles. The van der Waals surface area contributed by atoms with Crippen molar-refractivity contribution in [1.82, 2.24) is 0 Å². The van der Waals surface area contributed by atoms with Crippen molar-refractivity contribution in [2.45, 2.75) is 39.0 Å². The zero-order valence-electron chi connectivity index (χ0n) is 21.8. The molecule has 39 heavy (non-hydrogen) atoms. The number of fused-ring (bicyclic) bond motifs is 1. The van der Waals surface area contributed by atoms with E-state index in [1.54, 1.807) is 13.8 Å². The zero-order chi connectivity index (χ0) is 27.5. The van der Waals surface area contributed by atoms with Crippen LogP contribution in [0.5, 0.6) is 5.75 Å². The van der Waals surface area contributed by atoms with Gasteiger partial charge in [-0.15, -0.1) is 0 Å². The molecule has 0 bridgehead atoms. The molecule has 4 aromatic carbocycles. The Morgan fingerprint density at radius 2 is 1.64 bits per heavy atom. The van der Waals surface area contributed by atoms with Gasteiger partial charge in [-0.05, 0) is 55.3 Å². The van der Waals surface area contributed by atoms with Crippen LogP contribution in [0.2, 0.25) is 0 Å². The standard InChI is InChI=1S/C30H30N4O5/c1-19(2)39-30-27(28(37)29(30)38)31-24(16-26(35)36)20-12-14-22(15-13-20)32-34-18-33(23-9-4-3-5-10-23)17-21-8-6-7-11-25(21)34/h3-15,19,24,31-32H,16-18H2,1-2H3,(H,35,36)/t24-/m0/s1. The van der Waals surface area contributed by atoms with E-state index in [9.17, 15) is 19.5 Å². The van der Waals surface area contributed by atoms with Crippen LogP contribution in [0.3, 0.4) is 0 Å². The monoisotopic (exact) mass is 526 g/mol. The summed E-state index contributed by atoms with van der Waals surface area (Å²) in [6, 6.07) is 25.1. The first-order valence-corrected chi connectivity index (χ1v) is 12.8. The predicted octanol–water partition coefficient (Wildman–Crippen LogP) is 4.51. The number of ether oxygens (including phenoxy) is 1. The molecule has 0 fully saturated rings. The van der Waals surface area contributed by atoms with E-state index in [2.05, 4.69) is 44.9 Å². The third-order valence-corrected chi connectivity index (χ3v) is 6.57. The maximum Gasteiger partial charge on any atom is 0.305 e. The number of hydrogen-bond acceptors (Lipinski definition) is 8. The van der Waals surface area contributed by atoms with E-state index in [-0.39, 0.29) is 24.0 Å². The van der Waals surface area contributed by atoms with Gasteiger partial charge >= 0.3 is 5.97 Å². The summed E-state index contributed by atoms with van der Waals surface area (Å²) in [7, 11) is 0. The highest BCUT2D eigenvalue weighted by Gasteiger charge is 2.28. The van der Waals surface area contributed by atoms with Gasteiger partial charge in [0.2, 0.25) is 0 Å². The average molecular weight is 527 g/mol. The minimum absolute atomic E-state index is 0.0214. The van der Waals surface area contributed by atoms with Crippen LogP contribution < -0.4 is 36.2 Å². The summed E-state index contributed by atoms with van der Waals surface area (Å²) in [4.78, 5) is 38.1. The molecule has 1 heterocycles. The van der Waals surface area contributed by atoms with E-state index >= 15 is 0 Å². The van der Waals surface area contributed by atoms with Crippen LogP contribution in [0.4, 0.5) is 22.7 Å². The molecule has 0 aromatic heterocycles. The van der Waals surface area contributed by atoms with E-state index in [4.69, 9.17) is 4.74 Å². The largest absolute Gasteiger partial charge is 0.485 e. The van der Waals surface area contributed by atoms with Crippen LogP contribution in [0.25, 0.3) is 0 Å². The second-order valence-corrected chi connectivity index (χ2v) is 9.79. The fourth-order valence-corrected chi connectivity index (χ4v) is 4.71. The van der Waals surface area contributed by atoms with Crippen molar-refractivity contribution >= 4 is 28.7 Å². The van der Waals surface area contributed by atoms with Gasteiger partial charge in [-0.1, -0.05) is 48.5 Å². The van der Waals surface area contributed by atoms with E-state index in [1.807, 2.05) is 54.6 Å². The lowest BCUT2D eigenvalue weighted by Gasteiger charge is -2.40. The van der Waals surface area contributed by atoms with Crippen molar-refractivity contribution < 1.29 is 14.6 Å². The second kappa shape index (κ2) is 10.9. The molecular formula is C30H30N4O5. The van der Waals surface area contributed by atoms with E-state index in [1.165, 1.54) is 5.56 Å². The summed E-state index contributed by atoms with van der Waals surface area (Å²) < 4.78 is 5.48. The van der Waals surface area contributed by atoms with Crippen LogP contribution in [0.15, 0.2) is 88.5 Å². The van der Waals surface area contributed by atoms with E-state index in [0.29, 0.717) is 12.2 Å². The lowest BCUT2D eigenvalue weighted by Crippen LogP contribution is -2.45. The lowest BCUT2D eigenvalue weighted by atomic mass is 10.0. The minimum Gasteiger partial charge on any atom is -0.485 e. The second-order valence-electron chi connectivity index (χ2n) is 9.79. The Labute approximate surface area is 225 Å². The van der Waals surface area contributed by atoms with Crippen molar-refractivity contribution in [3.63, 3.8) is 0 Å². The first-order chi connectivity index (χ1) is 18.8. The molecule has 9 nitrogen and oxygen atoms in total. The van der Waals surface area contributed by atoms with Crippen LogP contribution in [0, 0.1) is 0 Å². The Morgan fingerprint density at radius 3 is 2.33 bits per heavy atom. The number of hydrazine groups is 1. The number of carbonyl (C=O) groups is 1. The van der Waals surface area contributed by atoms with Gasteiger partial charge in [0.05, 0.1) is 29.9 Å². The predicted molar refractivity (Wildman–Crippen MR) is 152 cm³/mol. The van der Waals surface area contributed by atoms with Crippen LogP contribution in [0.1, 0.15) is 37.4 Å². The molecule has 200 valence electrons. The summed E-state index contributed by atoms with van der Waals surface area (Å²) in [5.41, 5.74) is 6.96. The molecule has 0 amide bonds. The first kappa shape index (κ1) is 25.8. The summed E-state index contributed by atoms with van der Waals surface area (Å²) in [5, 5.41) is 14.5. The topological polar surface area (TPSA) is 111 Å². The zero-order valence-corrected chi connectivity index (χ0v) is 21.8. The van der Waals surface area contributed by atoms with Crippen LogP contribution in [-0.2, 0) is 11.3 Å². The molecular weight excluding hydrogens is 496 g/mol. The van der Waals surface area contributed by atoms with Crippen molar-refractivity contribution in [1.29, 1.82) is 0 Å². The van der Waals surface area contributed by atoms with Gasteiger partial charge in [-0.2, -0.15) is 0 Å². The average Bonchev–Trinajstić information content (AvgIpc) is 2.94. The Balaban J connectivity index is 1.36. The first-order valence-electron chi connectivity index (χ1n) is 12.8. The number of aliphatic carboxylic acids is 1. The van der Waals surface area contributed by atoms with Gasteiger partial charge in [0, 0.05) is 12.2 Å². The third kappa shape index (κ3) is 5.57. The number of nitrogens with one attached hydrogen (secondary N) is 2. The van der Waals surface area contributed by atoms with Crippen molar-refractivity contribution in [3.05, 3.63) is 110 Å². The Morgan fingerprint density at radius 1 is 0.949 bits per heavy atom. The van der Waals surface area contributed by atoms with E-state index < -0.39 is 22.9 Å². The van der Waals surface area contributed by atoms with Crippen molar-refractivity contribution in [3.8, 4) is 5.75 Å². The quantitative estimate of drug-likeness (QED) is 0.257. The summed E-state index contributed by atoms with van der Waals surface area (Å²) in [6.45, 7) is 4.91. The summed E-state index contributed by atoms with van der Waals surface area (Å²) >= 11 is 0. The molecule has 1 atom stereocenters. The molecule has 0 unspecified atom stereocenters. The highest BCUT2D eigenvalue weighted by Crippen LogP contribution is 2.32. The van der Waals surface area contributed by atoms with Crippen molar-refractivity contribution in [2.75, 3.05) is 27.3 Å². The number of benzene rings is 3. The van der Waals surface area contributed by atoms with Crippen LogP contribution >= 0.6 is 0 Å². The molecule has 0 saturated heterocycles. The van der Waals surface area contributed by atoms with E-state index in [0.717, 1.165) is 23.6 Å². The number of carboxylic acids is 1. The molecule has 1 aliphatic rings. The number of para-hydroxylation sites is 2. The van der Waals surface area contributed by atoms with Gasteiger partial charge in [0.15, 0.2) is 5.75 Å². The fraction of sp³-hybridized carbons (Fsp3) is 0.233. The third-order valence-electron chi connectivity index (χ3n) is 6.57. The molecule has 0 radical (unpaired) electrons. The maximum absolute atomic E-state index is 12.2. The van der Waals surface area contributed by atoms with Gasteiger partial charge in [0.25, 0.3) is 10.9 Å². The Bertz CT molecular complexity index is 1530. The number of rotatable bonds is 10. The van der Waals surface area contributed by atoms with Gasteiger partial charge < -0.3 is 20.1 Å². The normalized spacial score (nSPS) is 13.7. The molecule has 9 heteroatoms. The smallest absolute Gasteiger partial charge is 0.305 e. The summed E-state index contributed by atoms with van der Waals surface area (Å²) in [6.07, 6.45) is -0.576. The molecule has 0 spiro atoms. The summed E-state index contributed by atoms with van der Waals surface area (Å²) in [5.74, 6) is -1.08. The molecule has 5 rings (SSSR count). The SMILES string of the molecule is CC(C)Oc1c(N[C@@H](CC(=O)O)c2ccc(NN3CN(c4ccccc4)Cc4ccccc43)cc2)c(=O)c1=O. The number of nitrogens with zero attached hydrogens (tertiary/aromatic N) is 2. The Kier molecular flexibility index (Phi) is 7.23. The number of carboxylic acid groups (broad SMARTS) is 1. The van der Waals surface area contributed by atoms with Gasteiger partial charge in [-0.25, -0.2) is 0 Å². The molecule has 0 saturated carbocycles. The number of anilines is 4. The minimum atomic E-state index is -1.04. The van der Waals surface area contributed by atoms with Gasteiger partial charge in [-0.3, -0.25) is 24.8 Å². The molecule has 1 aliphatic heterocycles. The van der Waals surface area contributed by atoms with Crippen LogP contribution in [-0.4, -0.2) is 23.8 Å².